The first-order chi connectivity index (χ1) is 18.8. The molecule has 0 saturated heterocycles. The highest BCUT2D eigenvalue weighted by Crippen LogP contribution is 2.26. The molecule has 0 saturated carbocycles. The lowest BCUT2D eigenvalue weighted by Gasteiger charge is -2.19. The van der Waals surface area contributed by atoms with Gasteiger partial charge in [-0.3, -0.25) is 0 Å². The molecule has 4 aromatic rings. The smallest absolute Gasteiger partial charge is 0.492 e. The quantitative estimate of drug-likeness (QED) is 0.276. The minimum Gasteiger partial charge on any atom is -0.492 e. The fourth-order valence-corrected chi connectivity index (χ4v) is 3.44. The summed E-state index contributed by atoms with van der Waals surface area (Å²) >= 11 is 0. The van der Waals surface area contributed by atoms with Gasteiger partial charge in [-0.25, -0.2) is 14.5 Å². The molecule has 2 aromatic heterocycles. The lowest BCUT2D eigenvalue weighted by atomic mass is 10.2. The Balaban J connectivity index is 1.35. The van der Waals surface area contributed by atoms with E-state index in [0.29, 0.717) is 23.7 Å². The Morgan fingerprint density at radius 3 is 2.48 bits per heavy atom. The number of aryl methyl sites for hydroxylation is 1. The Bertz CT molecular complexity index is 1440. The number of alkyl carbamates (subject to hydrolysis) is 1. The van der Waals surface area contributed by atoms with Gasteiger partial charge in [0.25, 0.3) is 5.89 Å². The highest BCUT2D eigenvalue weighted by Gasteiger charge is 2.31. The number of amides is 1. The SMILES string of the molecule is Cc1nc(-c2nc(-c3ccc(OC(F)(F)F)cc3)no2)nn1Cc1cccc(OCCNC(=O)OC(C)(C)C)c1. The van der Waals surface area contributed by atoms with E-state index in [-0.39, 0.29) is 36.4 Å². The van der Waals surface area contributed by atoms with Crippen LogP contribution < -0.4 is 14.8 Å². The van der Waals surface area contributed by atoms with Gasteiger partial charge >= 0.3 is 12.5 Å². The average Bonchev–Trinajstić information content (AvgIpc) is 3.48. The van der Waals surface area contributed by atoms with Crippen molar-refractivity contribution in [1.29, 1.82) is 0 Å². The van der Waals surface area contributed by atoms with Gasteiger partial charge in [-0.05, 0) is 69.7 Å². The van der Waals surface area contributed by atoms with Crippen molar-refractivity contribution < 1.29 is 36.7 Å². The number of benzene rings is 2. The Morgan fingerprint density at radius 2 is 1.77 bits per heavy atom. The molecule has 0 aliphatic carbocycles. The maximum Gasteiger partial charge on any atom is 0.573 e. The number of rotatable bonds is 9. The van der Waals surface area contributed by atoms with Crippen LogP contribution in [-0.4, -0.2) is 56.1 Å². The predicted octanol–water partition coefficient (Wildman–Crippen LogP) is 5.15. The molecule has 0 bridgehead atoms. The summed E-state index contributed by atoms with van der Waals surface area (Å²) in [5, 5.41) is 11.0. The number of carbonyl (C=O) groups is 1. The summed E-state index contributed by atoms with van der Waals surface area (Å²) in [6.45, 7) is 8.06. The molecule has 2 aromatic carbocycles. The molecule has 40 heavy (non-hydrogen) atoms. The van der Waals surface area contributed by atoms with Gasteiger partial charge in [0, 0.05) is 5.56 Å². The zero-order chi connectivity index (χ0) is 28.9. The fraction of sp³-hybridized carbons (Fsp3) is 0.346. The van der Waals surface area contributed by atoms with Gasteiger partial charge in [0.15, 0.2) is 0 Å². The molecule has 0 atom stereocenters. The number of nitrogens with one attached hydrogen (secondary N) is 1. The van der Waals surface area contributed by atoms with Crippen molar-refractivity contribution in [2.75, 3.05) is 13.2 Å². The Morgan fingerprint density at radius 1 is 1.02 bits per heavy atom. The van der Waals surface area contributed by atoms with Gasteiger partial charge in [0.1, 0.15) is 29.5 Å². The van der Waals surface area contributed by atoms with E-state index in [9.17, 15) is 18.0 Å². The van der Waals surface area contributed by atoms with Crippen LogP contribution in [0.3, 0.4) is 0 Å². The fourth-order valence-electron chi connectivity index (χ4n) is 3.44. The van der Waals surface area contributed by atoms with Crippen molar-refractivity contribution in [3.63, 3.8) is 0 Å². The van der Waals surface area contributed by atoms with Gasteiger partial charge < -0.3 is 24.1 Å². The van der Waals surface area contributed by atoms with E-state index in [2.05, 4.69) is 30.3 Å². The molecule has 0 unspecified atom stereocenters. The van der Waals surface area contributed by atoms with Crippen LogP contribution in [0.1, 0.15) is 32.2 Å². The summed E-state index contributed by atoms with van der Waals surface area (Å²) in [5.74, 6) is 1.28. The van der Waals surface area contributed by atoms with Crippen LogP contribution in [0.15, 0.2) is 53.1 Å². The second-order valence-corrected chi connectivity index (χ2v) is 9.56. The number of ether oxygens (including phenoxy) is 3. The van der Waals surface area contributed by atoms with Gasteiger partial charge in [-0.15, -0.1) is 18.3 Å². The lowest BCUT2D eigenvalue weighted by Crippen LogP contribution is -2.34. The Labute approximate surface area is 227 Å². The first kappa shape index (κ1) is 28.4. The highest BCUT2D eigenvalue weighted by atomic mass is 19.4. The number of hydrogen-bond donors (Lipinski definition) is 1. The summed E-state index contributed by atoms with van der Waals surface area (Å²) in [7, 11) is 0. The zero-order valence-corrected chi connectivity index (χ0v) is 22.2. The third-order valence-electron chi connectivity index (χ3n) is 5.09. The van der Waals surface area contributed by atoms with E-state index in [4.69, 9.17) is 14.0 Å². The Kier molecular flexibility index (Phi) is 8.26. The number of aromatic nitrogens is 5. The second-order valence-electron chi connectivity index (χ2n) is 9.56. The highest BCUT2D eigenvalue weighted by molar-refractivity contribution is 5.67. The number of nitrogens with zero attached hydrogens (tertiary/aromatic N) is 5. The summed E-state index contributed by atoms with van der Waals surface area (Å²) in [5.41, 5.74) is 0.748. The minimum atomic E-state index is -4.78. The van der Waals surface area contributed by atoms with E-state index in [1.807, 2.05) is 18.2 Å². The molecule has 1 amide bonds. The van der Waals surface area contributed by atoms with Gasteiger partial charge in [-0.2, -0.15) is 4.98 Å². The summed E-state index contributed by atoms with van der Waals surface area (Å²) in [6.07, 6.45) is -5.29. The van der Waals surface area contributed by atoms with Gasteiger partial charge in [0.2, 0.25) is 11.6 Å². The first-order valence-corrected chi connectivity index (χ1v) is 12.1. The number of halogens is 3. The third kappa shape index (κ3) is 8.19. The minimum absolute atomic E-state index is 0.0574. The molecular weight excluding hydrogens is 533 g/mol. The van der Waals surface area contributed by atoms with Crippen molar-refractivity contribution in [3.05, 3.63) is 59.9 Å². The maximum atomic E-state index is 12.4. The summed E-state index contributed by atoms with van der Waals surface area (Å²) in [4.78, 5) is 20.4. The molecule has 0 fully saturated rings. The number of carbonyl (C=O) groups excluding carboxylic acids is 1. The van der Waals surface area contributed by atoms with Crippen LogP contribution in [-0.2, 0) is 11.3 Å². The zero-order valence-electron chi connectivity index (χ0n) is 22.2. The standard InChI is InChI=1S/C26H27F3N6O5/c1-16-31-22(23-32-21(34-40-23)18-8-10-19(11-9-18)38-26(27,28)29)33-35(16)15-17-6-5-7-20(14-17)37-13-12-30-24(36)39-25(2,3)4/h5-11,14H,12-13,15H2,1-4H3,(H,30,36). The van der Waals surface area contributed by atoms with E-state index in [0.717, 1.165) is 17.7 Å². The topological polar surface area (TPSA) is 126 Å². The van der Waals surface area contributed by atoms with Crippen LogP contribution in [0.4, 0.5) is 18.0 Å². The monoisotopic (exact) mass is 560 g/mol. The van der Waals surface area contributed by atoms with Crippen molar-refractivity contribution in [2.24, 2.45) is 0 Å². The predicted molar refractivity (Wildman–Crippen MR) is 135 cm³/mol. The average molecular weight is 561 g/mol. The molecular formula is C26H27F3N6O5. The number of hydrogen-bond acceptors (Lipinski definition) is 9. The van der Waals surface area contributed by atoms with E-state index < -0.39 is 18.1 Å². The van der Waals surface area contributed by atoms with Crippen LogP contribution in [0.5, 0.6) is 11.5 Å². The van der Waals surface area contributed by atoms with Crippen LogP contribution in [0, 0.1) is 6.92 Å². The molecule has 14 heteroatoms. The van der Waals surface area contributed by atoms with E-state index in [1.54, 1.807) is 38.4 Å². The van der Waals surface area contributed by atoms with Crippen molar-refractivity contribution in [3.8, 4) is 34.6 Å². The first-order valence-electron chi connectivity index (χ1n) is 12.1. The molecule has 212 valence electrons. The summed E-state index contributed by atoms with van der Waals surface area (Å²) in [6, 6.07) is 12.5. The number of alkyl halides is 3. The van der Waals surface area contributed by atoms with Gasteiger partial charge in [-0.1, -0.05) is 17.3 Å². The summed E-state index contributed by atoms with van der Waals surface area (Å²) < 4.78 is 58.9. The molecule has 0 radical (unpaired) electrons. The molecule has 4 rings (SSSR count). The van der Waals surface area contributed by atoms with Crippen LogP contribution >= 0.6 is 0 Å². The maximum absolute atomic E-state index is 12.4. The van der Waals surface area contributed by atoms with Crippen LogP contribution in [0.2, 0.25) is 0 Å². The molecule has 11 nitrogen and oxygen atoms in total. The third-order valence-corrected chi connectivity index (χ3v) is 5.09. The normalized spacial score (nSPS) is 11.8. The molecule has 0 aliphatic rings. The molecule has 1 N–H and O–H groups in total. The largest absolute Gasteiger partial charge is 0.573 e. The van der Waals surface area contributed by atoms with Crippen molar-refractivity contribution in [1.82, 2.24) is 30.2 Å². The van der Waals surface area contributed by atoms with Crippen LogP contribution in [0.25, 0.3) is 23.1 Å². The molecule has 0 aliphatic heterocycles. The lowest BCUT2D eigenvalue weighted by molar-refractivity contribution is -0.274. The molecule has 0 spiro atoms. The Hall–Kier alpha value is -4.62. The second kappa shape index (κ2) is 11.6. The van der Waals surface area contributed by atoms with Gasteiger partial charge in [0.05, 0.1) is 13.1 Å². The van der Waals surface area contributed by atoms with Crippen molar-refractivity contribution >= 4 is 6.09 Å². The molecule has 2 heterocycles. The van der Waals surface area contributed by atoms with E-state index in [1.165, 1.54) is 12.1 Å². The van der Waals surface area contributed by atoms with E-state index >= 15 is 0 Å². The van der Waals surface area contributed by atoms with Crippen molar-refractivity contribution in [2.45, 2.75) is 46.2 Å².